The number of aromatic nitrogens is 6. The van der Waals surface area contributed by atoms with Crippen molar-refractivity contribution in [2.45, 2.75) is 0 Å². The summed E-state index contributed by atoms with van der Waals surface area (Å²) in [4.78, 5) is 42.1. The predicted octanol–water partition coefficient (Wildman–Crippen LogP) is 4.35. The van der Waals surface area contributed by atoms with E-state index in [0.29, 0.717) is 28.6 Å². The zero-order valence-corrected chi connectivity index (χ0v) is 20.1. The molecule has 0 spiro atoms. The minimum Gasteiger partial charge on any atom is -0.346 e. The molecular weight excluding hydrogens is 468 g/mol. The minimum atomic E-state index is -0.350. The molecule has 182 valence electrons. The van der Waals surface area contributed by atoms with Crippen LogP contribution in [0.25, 0.3) is 33.3 Å². The van der Waals surface area contributed by atoms with Gasteiger partial charge in [-0.1, -0.05) is 24.3 Å². The van der Waals surface area contributed by atoms with E-state index in [1.165, 1.54) is 0 Å². The number of carbonyl (C=O) groups excluding carboxylic acids is 2. The van der Waals surface area contributed by atoms with Crippen molar-refractivity contribution >= 4 is 45.0 Å². The van der Waals surface area contributed by atoms with Crippen LogP contribution < -0.4 is 10.6 Å². The number of nitrogens with one attached hydrogen (secondary N) is 3. The normalized spacial score (nSPS) is 11.2. The van der Waals surface area contributed by atoms with Crippen molar-refractivity contribution in [1.82, 2.24) is 29.1 Å². The number of nitrogens with zero attached hydrogens (tertiary/aromatic N) is 5. The number of aromatic amines is 1. The molecule has 0 aliphatic heterocycles. The molecule has 0 bridgehead atoms. The molecule has 0 radical (unpaired) electrons. The van der Waals surface area contributed by atoms with Crippen molar-refractivity contribution in [3.8, 4) is 11.5 Å². The van der Waals surface area contributed by atoms with Gasteiger partial charge in [-0.25, -0.2) is 4.98 Å². The molecule has 1 aromatic carbocycles. The van der Waals surface area contributed by atoms with Gasteiger partial charge in [0.1, 0.15) is 11.4 Å². The van der Waals surface area contributed by atoms with Gasteiger partial charge < -0.3 is 24.8 Å². The molecule has 37 heavy (non-hydrogen) atoms. The highest BCUT2D eigenvalue weighted by molar-refractivity contribution is 6.07. The van der Waals surface area contributed by atoms with E-state index in [1.54, 1.807) is 48.5 Å². The maximum absolute atomic E-state index is 13.1. The van der Waals surface area contributed by atoms with Gasteiger partial charge in [-0.2, -0.15) is 0 Å². The fourth-order valence-corrected chi connectivity index (χ4v) is 4.30. The van der Waals surface area contributed by atoms with Crippen molar-refractivity contribution in [2.75, 3.05) is 10.6 Å². The quantitative estimate of drug-likeness (QED) is 0.332. The van der Waals surface area contributed by atoms with Crippen LogP contribution >= 0.6 is 0 Å². The van der Waals surface area contributed by atoms with Gasteiger partial charge in [0.05, 0.1) is 34.3 Å². The number of pyridine rings is 2. The van der Waals surface area contributed by atoms with Gasteiger partial charge in [0.2, 0.25) is 0 Å². The van der Waals surface area contributed by atoms with Crippen molar-refractivity contribution in [2.24, 2.45) is 14.1 Å². The number of anilines is 2. The second-order valence-corrected chi connectivity index (χ2v) is 8.75. The highest BCUT2D eigenvalue weighted by atomic mass is 16.2. The lowest BCUT2D eigenvalue weighted by Gasteiger charge is -2.03. The molecule has 10 nitrogen and oxygen atoms in total. The van der Waals surface area contributed by atoms with Crippen LogP contribution in [0.5, 0.6) is 0 Å². The summed E-state index contributed by atoms with van der Waals surface area (Å²) in [6, 6.07) is 14.8. The Hall–Kier alpha value is -5.25. The highest BCUT2D eigenvalue weighted by Crippen LogP contribution is 2.25. The van der Waals surface area contributed by atoms with E-state index in [9.17, 15) is 9.59 Å². The Morgan fingerprint density at radius 3 is 2.46 bits per heavy atom. The van der Waals surface area contributed by atoms with Crippen molar-refractivity contribution < 1.29 is 9.59 Å². The summed E-state index contributed by atoms with van der Waals surface area (Å²) in [7, 11) is 3.63. The fraction of sp³-hybridized carbons (Fsp3) is 0.0741. The number of hydrogen-bond donors (Lipinski definition) is 3. The Morgan fingerprint density at radius 2 is 1.62 bits per heavy atom. The summed E-state index contributed by atoms with van der Waals surface area (Å²) in [6.45, 7) is 0. The molecule has 0 saturated heterocycles. The van der Waals surface area contributed by atoms with Crippen molar-refractivity contribution in [3.63, 3.8) is 0 Å². The Bertz CT molecular complexity index is 1780. The van der Waals surface area contributed by atoms with Crippen molar-refractivity contribution in [3.05, 3.63) is 90.9 Å². The molecule has 5 heterocycles. The van der Waals surface area contributed by atoms with Crippen LogP contribution in [0.4, 0.5) is 11.4 Å². The molecule has 0 aliphatic rings. The standard InChI is InChI=1S/C27H22N8O2/c1-34-14-18(10-23(34)25-32-20-7-8-28-13-22(20)33-25)31-27(37)24-11-19(15-35(24)2)30-26(36)21-9-16-5-3-4-6-17(16)12-29-21/h3-15H,1-2H3,(H,30,36)(H,31,37)(H,32,33). The fourth-order valence-electron chi connectivity index (χ4n) is 4.30. The number of benzene rings is 1. The second-order valence-electron chi connectivity index (χ2n) is 8.75. The largest absolute Gasteiger partial charge is 0.346 e. The van der Waals surface area contributed by atoms with E-state index < -0.39 is 0 Å². The number of imidazole rings is 1. The lowest BCUT2D eigenvalue weighted by Crippen LogP contribution is -2.15. The zero-order valence-electron chi connectivity index (χ0n) is 20.1. The number of carbonyl (C=O) groups is 2. The smallest absolute Gasteiger partial charge is 0.274 e. The van der Waals surface area contributed by atoms with Crippen LogP contribution in [0.1, 0.15) is 21.0 Å². The van der Waals surface area contributed by atoms with Gasteiger partial charge in [-0.05, 0) is 29.7 Å². The minimum absolute atomic E-state index is 0.298. The van der Waals surface area contributed by atoms with E-state index >= 15 is 0 Å². The van der Waals surface area contributed by atoms with Crippen LogP contribution in [0.15, 0.2) is 79.5 Å². The molecular formula is C27H22N8O2. The summed E-state index contributed by atoms with van der Waals surface area (Å²) in [5.41, 5.74) is 4.27. The predicted molar refractivity (Wildman–Crippen MR) is 141 cm³/mol. The van der Waals surface area contributed by atoms with Crippen LogP contribution in [0.2, 0.25) is 0 Å². The molecule has 3 N–H and O–H groups in total. The van der Waals surface area contributed by atoms with Crippen LogP contribution in [0, 0.1) is 0 Å². The third-order valence-electron chi connectivity index (χ3n) is 6.15. The number of aryl methyl sites for hydroxylation is 2. The highest BCUT2D eigenvalue weighted by Gasteiger charge is 2.17. The average Bonchev–Trinajstić information content (AvgIpc) is 3.59. The monoisotopic (exact) mass is 490 g/mol. The summed E-state index contributed by atoms with van der Waals surface area (Å²) in [5.74, 6) is 0.0204. The molecule has 10 heteroatoms. The molecule has 0 atom stereocenters. The van der Waals surface area contributed by atoms with E-state index in [0.717, 1.165) is 27.5 Å². The topological polar surface area (TPSA) is 123 Å². The molecule has 0 fully saturated rings. The summed E-state index contributed by atoms with van der Waals surface area (Å²) in [5, 5.41) is 7.63. The Labute approximate surface area is 211 Å². The maximum Gasteiger partial charge on any atom is 0.274 e. The molecule has 0 aliphatic carbocycles. The average molecular weight is 491 g/mol. The number of rotatable bonds is 5. The first-order chi connectivity index (χ1) is 17.9. The summed E-state index contributed by atoms with van der Waals surface area (Å²) < 4.78 is 3.54. The Morgan fingerprint density at radius 1 is 0.865 bits per heavy atom. The first-order valence-corrected chi connectivity index (χ1v) is 11.5. The molecule has 0 saturated carbocycles. The van der Waals surface area contributed by atoms with Crippen LogP contribution in [-0.4, -0.2) is 40.9 Å². The van der Waals surface area contributed by atoms with Crippen molar-refractivity contribution in [1.29, 1.82) is 0 Å². The first-order valence-electron chi connectivity index (χ1n) is 11.5. The maximum atomic E-state index is 13.1. The number of amides is 2. The lowest BCUT2D eigenvalue weighted by atomic mass is 10.1. The van der Waals surface area contributed by atoms with E-state index in [1.807, 2.05) is 54.2 Å². The lowest BCUT2D eigenvalue weighted by molar-refractivity contribution is 0.101. The molecule has 6 aromatic rings. The molecule has 0 unspecified atom stereocenters. The summed E-state index contributed by atoms with van der Waals surface area (Å²) >= 11 is 0. The number of H-pyrrole nitrogens is 1. The molecule has 2 amide bonds. The number of hydrogen-bond acceptors (Lipinski definition) is 5. The van der Waals surface area contributed by atoms with Crippen LogP contribution in [0.3, 0.4) is 0 Å². The zero-order chi connectivity index (χ0) is 25.5. The van der Waals surface area contributed by atoms with Gasteiger partial charge in [0.15, 0.2) is 5.82 Å². The SMILES string of the molecule is Cn1cc(NC(=O)c2cc3ccccc3cn2)cc1C(=O)Nc1cc(-c2nc3ccncc3[nH]2)n(C)c1. The Balaban J connectivity index is 1.18. The van der Waals surface area contributed by atoms with E-state index in [4.69, 9.17) is 0 Å². The third-order valence-corrected chi connectivity index (χ3v) is 6.15. The van der Waals surface area contributed by atoms with Gasteiger partial charge in [-0.3, -0.25) is 19.6 Å². The van der Waals surface area contributed by atoms with Gasteiger partial charge in [-0.15, -0.1) is 0 Å². The van der Waals surface area contributed by atoms with Gasteiger partial charge in [0, 0.05) is 44.3 Å². The van der Waals surface area contributed by atoms with Crippen LogP contribution in [-0.2, 0) is 14.1 Å². The van der Waals surface area contributed by atoms with E-state index in [2.05, 4.69) is 30.6 Å². The van der Waals surface area contributed by atoms with E-state index in [-0.39, 0.29) is 11.8 Å². The summed E-state index contributed by atoms with van der Waals surface area (Å²) in [6.07, 6.45) is 8.59. The molecule has 5 aromatic heterocycles. The molecule has 6 rings (SSSR count). The number of fused-ring (bicyclic) bond motifs is 2. The van der Waals surface area contributed by atoms with Gasteiger partial charge >= 0.3 is 0 Å². The van der Waals surface area contributed by atoms with Gasteiger partial charge in [0.25, 0.3) is 11.8 Å². The second kappa shape index (κ2) is 8.76. The first kappa shape index (κ1) is 22.2. The third kappa shape index (κ3) is 4.20. The Kier molecular flexibility index (Phi) is 5.26.